The number of nitrogens with one attached hydrogen (secondary N) is 5. The van der Waals surface area contributed by atoms with Crippen LogP contribution >= 0.6 is 0 Å². The molecule has 4 unspecified atom stereocenters. The van der Waals surface area contributed by atoms with Crippen molar-refractivity contribution in [2.24, 2.45) is 47.3 Å². The van der Waals surface area contributed by atoms with Gasteiger partial charge in [-0.05, 0) is 97.1 Å². The van der Waals surface area contributed by atoms with Gasteiger partial charge < -0.3 is 26.6 Å². The quantitative estimate of drug-likeness (QED) is 0.148. The fourth-order valence-electron chi connectivity index (χ4n) is 7.34. The molecule has 0 aliphatic carbocycles. The number of hydrogen-bond donors (Lipinski definition) is 5. The third-order valence-electron chi connectivity index (χ3n) is 10.8. The molecule has 0 aromatic heterocycles. The van der Waals surface area contributed by atoms with Gasteiger partial charge >= 0.3 is 0 Å². The Morgan fingerprint density at radius 3 is 1.04 bits per heavy atom. The lowest BCUT2D eigenvalue weighted by Gasteiger charge is -2.23. The van der Waals surface area contributed by atoms with Crippen LogP contribution in [0.15, 0.2) is 0 Å². The number of hydrogen-bond acceptors (Lipinski definition) is 10. The highest BCUT2D eigenvalue weighted by molar-refractivity contribution is 5.86. The minimum atomic E-state index is 0. The second-order valence-corrected chi connectivity index (χ2v) is 17.2. The Hall–Kier alpha value is -1.85. The van der Waals surface area contributed by atoms with Crippen LogP contribution in [-0.2, 0) is 24.0 Å². The number of carbonyl (C=O) groups is 5. The minimum absolute atomic E-state index is 0. The molecule has 0 amide bonds. The summed E-state index contributed by atoms with van der Waals surface area (Å²) in [6.45, 7) is 31.7. The molecule has 5 heterocycles. The van der Waals surface area contributed by atoms with Crippen LogP contribution < -0.4 is 26.6 Å². The molecule has 338 valence electrons. The molecule has 0 aromatic rings. The van der Waals surface area contributed by atoms with Gasteiger partial charge in [-0.3, -0.25) is 24.0 Å². The predicted molar refractivity (Wildman–Crippen MR) is 243 cm³/mol. The highest BCUT2D eigenvalue weighted by Crippen LogP contribution is 2.18. The maximum Gasteiger partial charge on any atom is 0.152 e. The van der Waals surface area contributed by atoms with Crippen molar-refractivity contribution < 1.29 is 24.0 Å². The molecule has 5 fully saturated rings. The van der Waals surface area contributed by atoms with E-state index >= 15 is 0 Å². The van der Waals surface area contributed by atoms with E-state index in [9.17, 15) is 24.0 Å². The first-order chi connectivity index (χ1) is 26.1. The predicted octanol–water partition coefficient (Wildman–Crippen LogP) is 7.86. The van der Waals surface area contributed by atoms with Gasteiger partial charge in [0.2, 0.25) is 0 Å². The van der Waals surface area contributed by atoms with Gasteiger partial charge in [0.1, 0.15) is 17.3 Å². The molecule has 10 nitrogen and oxygen atoms in total. The Balaban J connectivity index is -0.000000627. The smallest absolute Gasteiger partial charge is 0.152 e. The summed E-state index contributed by atoms with van der Waals surface area (Å²) in [4.78, 5) is 57.0. The van der Waals surface area contributed by atoms with Crippen LogP contribution in [0.3, 0.4) is 0 Å². The van der Waals surface area contributed by atoms with Crippen LogP contribution in [-0.4, -0.2) is 93.4 Å². The zero-order valence-corrected chi connectivity index (χ0v) is 37.5. The number of piperidine rings is 3. The SMILES string of the molecule is C.C.CC.CC(C)C(=O)C1CCCCN1.CC(C)C(=O)C1CCCN1.CC(C)C(=O)C1CCCNC1.CC(C)C(=O)C1CCNC1.CC(C)C(=O)C1CCNCC1. The van der Waals surface area contributed by atoms with Gasteiger partial charge in [-0.2, -0.15) is 0 Å². The average molecular weight is 810 g/mol. The summed E-state index contributed by atoms with van der Waals surface area (Å²) in [5.41, 5.74) is 0. The molecule has 5 aliphatic heterocycles. The second kappa shape index (κ2) is 35.0. The lowest BCUT2D eigenvalue weighted by Crippen LogP contribution is -2.42. The number of carbonyl (C=O) groups excluding carboxylic acids is 5. The van der Waals surface area contributed by atoms with Gasteiger partial charge in [-0.15, -0.1) is 0 Å². The second-order valence-electron chi connectivity index (χ2n) is 17.2. The van der Waals surface area contributed by atoms with Crippen LogP contribution in [0.5, 0.6) is 0 Å². The van der Waals surface area contributed by atoms with E-state index in [1.165, 1.54) is 12.8 Å². The summed E-state index contributed by atoms with van der Waals surface area (Å²) in [5.74, 6) is 4.01. The third-order valence-corrected chi connectivity index (χ3v) is 10.8. The van der Waals surface area contributed by atoms with Crippen molar-refractivity contribution in [1.29, 1.82) is 0 Å². The van der Waals surface area contributed by atoms with Gasteiger partial charge in [0.25, 0.3) is 0 Å². The lowest BCUT2D eigenvalue weighted by molar-refractivity contribution is -0.127. The van der Waals surface area contributed by atoms with Gasteiger partial charge in [0.15, 0.2) is 11.6 Å². The Kier molecular flexibility index (Phi) is 36.5. The highest BCUT2D eigenvalue weighted by Gasteiger charge is 2.26. The van der Waals surface area contributed by atoms with Gasteiger partial charge in [0, 0.05) is 60.4 Å². The van der Waals surface area contributed by atoms with Crippen molar-refractivity contribution in [1.82, 2.24) is 26.6 Å². The molecular formula is C47H95N5O5. The summed E-state index contributed by atoms with van der Waals surface area (Å²) in [5, 5.41) is 16.1. The van der Waals surface area contributed by atoms with Gasteiger partial charge in [0.05, 0.1) is 12.1 Å². The van der Waals surface area contributed by atoms with Gasteiger partial charge in [-0.1, -0.05) is 104 Å². The maximum absolute atomic E-state index is 11.5. The van der Waals surface area contributed by atoms with Crippen LogP contribution in [0.25, 0.3) is 0 Å². The minimum Gasteiger partial charge on any atom is -0.317 e. The van der Waals surface area contributed by atoms with Crippen molar-refractivity contribution in [2.75, 3.05) is 52.4 Å². The normalized spacial score (nSPS) is 23.0. The summed E-state index contributed by atoms with van der Waals surface area (Å²) < 4.78 is 0. The standard InChI is InChI=1S/3C9H17NO.2C8H15NO.C2H6.2CH4/c1-7(2)9(11)8-3-5-10-6-4-8;1-7(2)9(11)8-4-3-5-10-6-8;1-7(2)9(11)8-5-3-4-6-10-8;1-6(2)8(10)7-3-4-9-5-7;1-6(2)8(10)7-4-3-5-9-7;1-2;;/h3*7-8,10H,3-6H2,1-2H3;2*6-7,9H,3-5H2,1-2H3;1-2H3;2*1H4. The molecule has 57 heavy (non-hydrogen) atoms. The molecule has 5 N–H and O–H groups in total. The molecule has 0 spiro atoms. The molecule has 5 aliphatic rings. The van der Waals surface area contributed by atoms with Crippen LogP contribution in [0.1, 0.15) is 162 Å². The Morgan fingerprint density at radius 2 is 0.702 bits per heavy atom. The largest absolute Gasteiger partial charge is 0.317 e. The fourth-order valence-corrected chi connectivity index (χ4v) is 7.34. The summed E-state index contributed by atoms with van der Waals surface area (Å²) in [7, 11) is 0. The first-order valence-electron chi connectivity index (χ1n) is 22.4. The van der Waals surface area contributed by atoms with Crippen molar-refractivity contribution in [3.63, 3.8) is 0 Å². The van der Waals surface area contributed by atoms with E-state index in [1.54, 1.807) is 0 Å². The fraction of sp³-hybridized carbons (Fsp3) is 0.894. The van der Waals surface area contributed by atoms with Crippen molar-refractivity contribution in [2.45, 2.75) is 174 Å². The monoisotopic (exact) mass is 810 g/mol. The molecule has 5 saturated heterocycles. The van der Waals surface area contributed by atoms with E-state index in [-0.39, 0.29) is 56.5 Å². The molecular weight excluding hydrogens is 715 g/mol. The van der Waals surface area contributed by atoms with Crippen LogP contribution in [0.2, 0.25) is 0 Å². The van der Waals surface area contributed by atoms with Crippen molar-refractivity contribution in [3.8, 4) is 0 Å². The van der Waals surface area contributed by atoms with Crippen molar-refractivity contribution in [3.05, 3.63) is 0 Å². The first kappa shape index (κ1) is 59.5. The van der Waals surface area contributed by atoms with Crippen LogP contribution in [0.4, 0.5) is 0 Å². The maximum atomic E-state index is 11.5. The summed E-state index contributed by atoms with van der Waals surface area (Å²) in [6.07, 6.45) is 11.0. The molecule has 10 heteroatoms. The van der Waals surface area contributed by atoms with E-state index in [0.29, 0.717) is 46.7 Å². The third kappa shape index (κ3) is 25.4. The zero-order chi connectivity index (χ0) is 41.9. The van der Waals surface area contributed by atoms with Crippen LogP contribution in [0, 0.1) is 47.3 Å². The molecule has 5 rings (SSSR count). The van der Waals surface area contributed by atoms with E-state index in [2.05, 4.69) is 26.6 Å². The molecule has 0 bridgehead atoms. The Bertz CT molecular complexity index is 934. The van der Waals surface area contributed by atoms with E-state index in [4.69, 9.17) is 0 Å². The summed E-state index contributed by atoms with van der Waals surface area (Å²) >= 11 is 0. The van der Waals surface area contributed by atoms with Gasteiger partial charge in [-0.25, -0.2) is 0 Å². The Labute approximate surface area is 352 Å². The molecule has 0 radical (unpaired) electrons. The number of ketones is 5. The molecule has 0 saturated carbocycles. The highest BCUT2D eigenvalue weighted by atomic mass is 16.1. The Morgan fingerprint density at radius 1 is 0.368 bits per heavy atom. The van der Waals surface area contributed by atoms with E-state index in [0.717, 1.165) is 104 Å². The van der Waals surface area contributed by atoms with E-state index < -0.39 is 0 Å². The topological polar surface area (TPSA) is 146 Å². The first-order valence-corrected chi connectivity index (χ1v) is 22.4. The number of rotatable bonds is 10. The molecule has 0 aromatic carbocycles. The average Bonchev–Trinajstić information content (AvgIpc) is 3.95. The zero-order valence-electron chi connectivity index (χ0n) is 37.5. The number of Topliss-reactive ketones (excluding diaryl/α,β-unsaturated/α-hetero) is 5. The lowest BCUT2D eigenvalue weighted by atomic mass is 9.88. The summed E-state index contributed by atoms with van der Waals surface area (Å²) in [6, 6.07) is 0.323. The molecule has 4 atom stereocenters. The van der Waals surface area contributed by atoms with Crippen molar-refractivity contribution >= 4 is 28.9 Å². The van der Waals surface area contributed by atoms with E-state index in [1.807, 2.05) is 83.1 Å².